The van der Waals surface area contributed by atoms with Crippen molar-refractivity contribution in [2.45, 2.75) is 13.8 Å². The Bertz CT molecular complexity index is 1020. The van der Waals surface area contributed by atoms with E-state index in [0.29, 0.717) is 28.6 Å². The molecule has 1 aromatic heterocycles. The van der Waals surface area contributed by atoms with Crippen LogP contribution in [-0.4, -0.2) is 47.0 Å². The Kier molecular flexibility index (Phi) is 6.46. The second-order valence-electron chi connectivity index (χ2n) is 5.86. The van der Waals surface area contributed by atoms with Crippen molar-refractivity contribution in [3.05, 3.63) is 41.0 Å². The number of carbonyl (C=O) groups excluding carboxylic acids is 2. The van der Waals surface area contributed by atoms with Gasteiger partial charge in [-0.05, 0) is 31.0 Å². The van der Waals surface area contributed by atoms with Crippen LogP contribution in [0.4, 0.5) is 0 Å². The van der Waals surface area contributed by atoms with Crippen molar-refractivity contribution in [2.75, 3.05) is 20.8 Å². The molecule has 0 atom stereocenters. The largest absolute Gasteiger partial charge is 0.493 e. The second-order valence-corrected chi connectivity index (χ2v) is 5.86. The number of methoxy groups -OCH3 is 2. The minimum atomic E-state index is -0.503. The lowest BCUT2D eigenvalue weighted by molar-refractivity contribution is -0.125. The quantitative estimate of drug-likeness (QED) is 0.757. The van der Waals surface area contributed by atoms with Gasteiger partial charge in [0.25, 0.3) is 5.91 Å². The molecule has 0 aliphatic rings. The van der Waals surface area contributed by atoms with E-state index < -0.39 is 11.8 Å². The minimum Gasteiger partial charge on any atom is -0.493 e. The van der Waals surface area contributed by atoms with Crippen molar-refractivity contribution in [1.29, 1.82) is 0 Å². The highest BCUT2D eigenvalue weighted by atomic mass is 16.5. The van der Waals surface area contributed by atoms with E-state index in [0.717, 1.165) is 4.90 Å². The highest BCUT2D eigenvalue weighted by Crippen LogP contribution is 2.27. The molecule has 0 aliphatic carbocycles. The number of imidazole rings is 1. The molecule has 0 aliphatic heterocycles. The Morgan fingerprint density at radius 3 is 2.46 bits per heavy atom. The average molecular weight is 379 g/mol. The normalized spacial score (nSPS) is 9.71. The zero-order valence-electron chi connectivity index (χ0n) is 16.5. The lowest BCUT2D eigenvalue weighted by Gasteiger charge is -2.16. The van der Waals surface area contributed by atoms with Gasteiger partial charge in [0.15, 0.2) is 17.3 Å². The van der Waals surface area contributed by atoms with Gasteiger partial charge in [-0.1, -0.05) is 11.8 Å². The number of imide groups is 1. The standard InChI is InChI=1S/C21H21N3O4/c1-7-12-24(15(3)25)21(26)20-14(2)22-19(23(20)4)11-9-16-8-10-17(27-5)18(13-16)28-6/h1,8,10,13H,12H2,2-6H3. The molecule has 0 fully saturated rings. The number of hydrogen-bond donors (Lipinski definition) is 0. The molecule has 7 nitrogen and oxygen atoms in total. The minimum absolute atomic E-state index is 0.106. The third-order valence-corrected chi connectivity index (χ3v) is 4.05. The number of carbonyl (C=O) groups is 2. The predicted molar refractivity (Wildman–Crippen MR) is 104 cm³/mol. The summed E-state index contributed by atoms with van der Waals surface area (Å²) in [5.41, 5.74) is 1.43. The Morgan fingerprint density at radius 2 is 1.89 bits per heavy atom. The van der Waals surface area contributed by atoms with Crippen LogP contribution in [0, 0.1) is 31.1 Å². The average Bonchev–Trinajstić information content (AvgIpc) is 2.96. The Labute approximate surface area is 164 Å². The monoisotopic (exact) mass is 379 g/mol. The first-order chi connectivity index (χ1) is 13.3. The number of benzene rings is 1. The molecule has 2 aromatic rings. The zero-order chi connectivity index (χ0) is 20.8. The van der Waals surface area contributed by atoms with E-state index in [2.05, 4.69) is 22.7 Å². The summed E-state index contributed by atoms with van der Waals surface area (Å²) in [6, 6.07) is 5.30. The molecule has 1 aromatic carbocycles. The summed E-state index contributed by atoms with van der Waals surface area (Å²) in [6.07, 6.45) is 5.26. The molecule has 0 saturated carbocycles. The van der Waals surface area contributed by atoms with E-state index in [9.17, 15) is 9.59 Å². The van der Waals surface area contributed by atoms with Crippen LogP contribution in [0.1, 0.15) is 34.5 Å². The van der Waals surface area contributed by atoms with Crippen molar-refractivity contribution in [2.24, 2.45) is 7.05 Å². The maximum absolute atomic E-state index is 12.7. The van der Waals surface area contributed by atoms with Crippen molar-refractivity contribution in [1.82, 2.24) is 14.5 Å². The van der Waals surface area contributed by atoms with Gasteiger partial charge in [0.1, 0.15) is 5.69 Å². The number of rotatable bonds is 4. The van der Waals surface area contributed by atoms with Crippen LogP contribution in [0.15, 0.2) is 18.2 Å². The van der Waals surface area contributed by atoms with Crippen LogP contribution in [-0.2, 0) is 11.8 Å². The number of terminal acetylenes is 1. The number of hydrogen-bond acceptors (Lipinski definition) is 5. The molecule has 0 bridgehead atoms. The third-order valence-electron chi connectivity index (χ3n) is 4.05. The van der Waals surface area contributed by atoms with Crippen LogP contribution in [0.5, 0.6) is 11.5 Å². The molecular formula is C21H21N3O4. The fourth-order valence-electron chi connectivity index (χ4n) is 2.63. The summed E-state index contributed by atoms with van der Waals surface area (Å²) in [7, 11) is 4.77. The molecule has 2 rings (SSSR count). The smallest absolute Gasteiger partial charge is 0.279 e. The highest BCUT2D eigenvalue weighted by Gasteiger charge is 2.25. The Balaban J connectivity index is 2.40. The number of nitrogens with zero attached hydrogens (tertiary/aromatic N) is 3. The van der Waals surface area contributed by atoms with Gasteiger partial charge in [-0.15, -0.1) is 6.42 Å². The molecule has 2 amide bonds. The van der Waals surface area contributed by atoms with E-state index in [4.69, 9.17) is 15.9 Å². The predicted octanol–water partition coefficient (Wildman–Crippen LogP) is 1.77. The van der Waals surface area contributed by atoms with Crippen LogP contribution in [0.25, 0.3) is 0 Å². The molecule has 0 spiro atoms. The van der Waals surface area contributed by atoms with Crippen molar-refractivity contribution in [3.63, 3.8) is 0 Å². The van der Waals surface area contributed by atoms with E-state index in [1.165, 1.54) is 6.92 Å². The van der Waals surface area contributed by atoms with Gasteiger partial charge < -0.3 is 14.0 Å². The van der Waals surface area contributed by atoms with Crippen molar-refractivity contribution < 1.29 is 19.1 Å². The highest BCUT2D eigenvalue weighted by molar-refractivity contribution is 6.04. The van der Waals surface area contributed by atoms with Crippen LogP contribution in [0.3, 0.4) is 0 Å². The molecule has 144 valence electrons. The lowest BCUT2D eigenvalue weighted by atomic mass is 10.2. The molecule has 0 radical (unpaired) electrons. The number of aromatic nitrogens is 2. The first-order valence-corrected chi connectivity index (χ1v) is 8.37. The molecule has 0 saturated heterocycles. The van der Waals surface area contributed by atoms with E-state index in [1.807, 2.05) is 0 Å². The first kappa shape index (κ1) is 20.6. The number of ether oxygens (including phenoxy) is 2. The van der Waals surface area contributed by atoms with Crippen molar-refractivity contribution >= 4 is 11.8 Å². The van der Waals surface area contributed by atoms with E-state index >= 15 is 0 Å². The molecular weight excluding hydrogens is 358 g/mol. The summed E-state index contributed by atoms with van der Waals surface area (Å²) in [6.45, 7) is 2.87. The number of amides is 2. The van der Waals surface area contributed by atoms with Gasteiger partial charge in [0, 0.05) is 19.5 Å². The molecule has 7 heteroatoms. The SMILES string of the molecule is C#CCN(C(C)=O)C(=O)c1c(C)nc(C#Cc2ccc(OC)c(OC)c2)n1C. The maximum atomic E-state index is 12.7. The molecule has 0 N–H and O–H groups in total. The summed E-state index contributed by atoms with van der Waals surface area (Å²) in [5.74, 6) is 8.87. The van der Waals surface area contributed by atoms with Gasteiger partial charge >= 0.3 is 0 Å². The van der Waals surface area contributed by atoms with Gasteiger partial charge in [0.2, 0.25) is 5.91 Å². The molecule has 28 heavy (non-hydrogen) atoms. The second kappa shape index (κ2) is 8.79. The summed E-state index contributed by atoms with van der Waals surface area (Å²) < 4.78 is 12.0. The summed E-state index contributed by atoms with van der Waals surface area (Å²) in [4.78, 5) is 29.8. The number of aryl methyl sites for hydroxylation is 1. The fourth-order valence-corrected chi connectivity index (χ4v) is 2.63. The van der Waals surface area contributed by atoms with Crippen LogP contribution < -0.4 is 9.47 Å². The zero-order valence-corrected chi connectivity index (χ0v) is 16.5. The fraction of sp³-hybridized carbons (Fsp3) is 0.286. The van der Waals surface area contributed by atoms with Crippen molar-refractivity contribution in [3.8, 4) is 35.7 Å². The van der Waals surface area contributed by atoms with E-state index in [-0.39, 0.29) is 12.2 Å². The summed E-state index contributed by atoms with van der Waals surface area (Å²) >= 11 is 0. The van der Waals surface area contributed by atoms with Gasteiger partial charge in [-0.2, -0.15) is 0 Å². The van der Waals surface area contributed by atoms with Crippen LogP contribution >= 0.6 is 0 Å². The molecule has 1 heterocycles. The maximum Gasteiger partial charge on any atom is 0.279 e. The van der Waals surface area contributed by atoms with Gasteiger partial charge in [0.05, 0.1) is 26.5 Å². The third kappa shape index (κ3) is 4.16. The summed E-state index contributed by atoms with van der Waals surface area (Å²) in [5, 5.41) is 0. The van der Waals surface area contributed by atoms with Crippen LogP contribution in [0.2, 0.25) is 0 Å². The molecule has 0 unspecified atom stereocenters. The first-order valence-electron chi connectivity index (χ1n) is 8.37. The Hall–Kier alpha value is -3.71. The Morgan fingerprint density at radius 1 is 1.21 bits per heavy atom. The van der Waals surface area contributed by atoms with Gasteiger partial charge in [-0.3, -0.25) is 14.5 Å². The topological polar surface area (TPSA) is 73.7 Å². The van der Waals surface area contributed by atoms with Gasteiger partial charge in [-0.25, -0.2) is 4.98 Å². The lowest BCUT2D eigenvalue weighted by Crippen LogP contribution is -2.37. The van der Waals surface area contributed by atoms with E-state index in [1.54, 1.807) is 51.0 Å².